The summed E-state index contributed by atoms with van der Waals surface area (Å²) in [6, 6.07) is 33.1. The highest BCUT2D eigenvalue weighted by atomic mass is 32.1. The molecule has 0 saturated heterocycles. The lowest BCUT2D eigenvalue weighted by molar-refractivity contribution is 1.37. The van der Waals surface area contributed by atoms with Crippen LogP contribution in [0, 0.1) is 0 Å². The Morgan fingerprint density at radius 3 is 2.13 bits per heavy atom. The Hall–Kier alpha value is -3.75. The zero-order valence-corrected chi connectivity index (χ0v) is 17.5. The van der Waals surface area contributed by atoms with E-state index in [1.165, 1.54) is 63.6 Å². The Balaban J connectivity index is 1.60. The maximum atomic E-state index is 4.42. The van der Waals surface area contributed by atoms with Gasteiger partial charge in [-0.2, -0.15) is 0 Å². The summed E-state index contributed by atoms with van der Waals surface area (Å²) < 4.78 is 2.70. The molecule has 0 unspecified atom stereocenters. The lowest BCUT2D eigenvalue weighted by Crippen LogP contribution is -1.86. The first-order chi connectivity index (χ1) is 15.4. The molecule has 0 aliphatic carbocycles. The van der Waals surface area contributed by atoms with Crippen LogP contribution in [-0.4, -0.2) is 4.98 Å². The molecule has 0 aliphatic heterocycles. The molecule has 0 aliphatic rings. The van der Waals surface area contributed by atoms with Crippen LogP contribution in [0.25, 0.3) is 63.6 Å². The topological polar surface area (TPSA) is 12.9 Å². The number of benzene rings is 5. The SMILES string of the molecule is c1ccc2c(c1)sc1c(-c3ccc4c5ccccc5c5cnccc5c4c3)cccc12. The monoisotopic (exact) mass is 411 g/mol. The number of nitrogens with zero attached hydrogens (tertiary/aromatic N) is 1. The van der Waals surface area contributed by atoms with Gasteiger partial charge in [-0.25, -0.2) is 0 Å². The molecule has 1 nitrogen and oxygen atoms in total. The maximum Gasteiger partial charge on any atom is 0.0433 e. The summed E-state index contributed by atoms with van der Waals surface area (Å²) in [5.74, 6) is 0. The molecule has 7 aromatic rings. The number of fused-ring (bicyclic) bond motifs is 9. The van der Waals surface area contributed by atoms with Gasteiger partial charge >= 0.3 is 0 Å². The van der Waals surface area contributed by atoms with Crippen LogP contribution >= 0.6 is 11.3 Å². The van der Waals surface area contributed by atoms with E-state index in [-0.39, 0.29) is 0 Å². The van der Waals surface area contributed by atoms with Gasteiger partial charge in [-0.15, -0.1) is 11.3 Å². The van der Waals surface area contributed by atoms with Crippen LogP contribution in [0.5, 0.6) is 0 Å². The minimum Gasteiger partial charge on any atom is -0.264 e. The molecule has 0 atom stereocenters. The molecule has 0 amide bonds. The molecule has 0 N–H and O–H groups in total. The average molecular weight is 412 g/mol. The largest absolute Gasteiger partial charge is 0.264 e. The van der Waals surface area contributed by atoms with Gasteiger partial charge in [-0.05, 0) is 56.3 Å². The van der Waals surface area contributed by atoms with Crippen molar-refractivity contribution in [3.63, 3.8) is 0 Å². The van der Waals surface area contributed by atoms with Crippen molar-refractivity contribution in [3.05, 3.63) is 103 Å². The fourth-order valence-electron chi connectivity index (χ4n) is 4.94. The number of aromatic nitrogens is 1. The fraction of sp³-hybridized carbons (Fsp3) is 0. The first-order valence-electron chi connectivity index (χ1n) is 10.5. The molecule has 0 bridgehead atoms. The lowest BCUT2D eigenvalue weighted by atomic mass is 9.92. The van der Waals surface area contributed by atoms with E-state index in [0.29, 0.717) is 0 Å². The molecule has 0 spiro atoms. The minimum absolute atomic E-state index is 1.21. The molecule has 5 aromatic carbocycles. The number of pyridine rings is 1. The first kappa shape index (κ1) is 17.0. The molecular weight excluding hydrogens is 394 g/mol. The molecule has 0 saturated carbocycles. The maximum absolute atomic E-state index is 4.42. The number of thiophene rings is 1. The summed E-state index contributed by atoms with van der Waals surface area (Å²) in [6.45, 7) is 0. The van der Waals surface area contributed by atoms with Gasteiger partial charge < -0.3 is 0 Å². The van der Waals surface area contributed by atoms with Crippen molar-refractivity contribution >= 4 is 63.8 Å². The molecule has 2 heteroatoms. The molecule has 144 valence electrons. The van der Waals surface area contributed by atoms with Gasteiger partial charge in [0.1, 0.15) is 0 Å². The zero-order chi connectivity index (χ0) is 20.4. The second kappa shape index (κ2) is 6.37. The fourth-order valence-corrected chi connectivity index (χ4v) is 6.18. The van der Waals surface area contributed by atoms with Gasteiger partial charge in [0.25, 0.3) is 0 Å². The lowest BCUT2D eigenvalue weighted by Gasteiger charge is -2.12. The van der Waals surface area contributed by atoms with Gasteiger partial charge in [-0.3, -0.25) is 4.98 Å². The van der Waals surface area contributed by atoms with Crippen molar-refractivity contribution in [3.8, 4) is 11.1 Å². The third-order valence-corrected chi connectivity index (χ3v) is 7.57. The van der Waals surface area contributed by atoms with Crippen molar-refractivity contribution in [2.75, 3.05) is 0 Å². The van der Waals surface area contributed by atoms with Gasteiger partial charge in [0.15, 0.2) is 0 Å². The quantitative estimate of drug-likeness (QED) is 0.247. The highest BCUT2D eigenvalue weighted by Crippen LogP contribution is 2.42. The Labute approximate surface area is 183 Å². The van der Waals surface area contributed by atoms with E-state index < -0.39 is 0 Å². The van der Waals surface area contributed by atoms with Crippen molar-refractivity contribution in [1.82, 2.24) is 4.98 Å². The van der Waals surface area contributed by atoms with Crippen LogP contribution in [0.3, 0.4) is 0 Å². The van der Waals surface area contributed by atoms with Crippen LogP contribution in [0.4, 0.5) is 0 Å². The smallest absolute Gasteiger partial charge is 0.0433 e. The predicted molar refractivity (Wildman–Crippen MR) is 135 cm³/mol. The van der Waals surface area contributed by atoms with E-state index in [4.69, 9.17) is 0 Å². The average Bonchev–Trinajstić information content (AvgIpc) is 3.23. The molecule has 0 radical (unpaired) electrons. The van der Waals surface area contributed by atoms with Crippen molar-refractivity contribution in [2.45, 2.75) is 0 Å². The Morgan fingerprint density at radius 2 is 1.23 bits per heavy atom. The number of rotatable bonds is 1. The van der Waals surface area contributed by atoms with E-state index in [1.54, 1.807) is 0 Å². The van der Waals surface area contributed by atoms with E-state index in [2.05, 4.69) is 96.0 Å². The van der Waals surface area contributed by atoms with Crippen LogP contribution < -0.4 is 0 Å². The van der Waals surface area contributed by atoms with Gasteiger partial charge in [-0.1, -0.05) is 72.8 Å². The molecular formula is C29H17NS. The van der Waals surface area contributed by atoms with E-state index >= 15 is 0 Å². The Morgan fingerprint density at radius 1 is 0.516 bits per heavy atom. The molecule has 2 aromatic heterocycles. The second-order valence-electron chi connectivity index (χ2n) is 8.01. The van der Waals surface area contributed by atoms with Gasteiger partial charge in [0, 0.05) is 38.0 Å². The molecule has 31 heavy (non-hydrogen) atoms. The molecule has 2 heterocycles. The summed E-state index contributed by atoms with van der Waals surface area (Å²) in [5.41, 5.74) is 2.56. The van der Waals surface area contributed by atoms with E-state index in [0.717, 1.165) is 0 Å². The van der Waals surface area contributed by atoms with E-state index in [1.807, 2.05) is 23.7 Å². The van der Waals surface area contributed by atoms with Crippen molar-refractivity contribution in [2.24, 2.45) is 0 Å². The Bertz CT molecular complexity index is 1760. The molecule has 7 rings (SSSR count). The van der Waals surface area contributed by atoms with E-state index in [9.17, 15) is 0 Å². The number of hydrogen-bond acceptors (Lipinski definition) is 2. The first-order valence-corrected chi connectivity index (χ1v) is 11.3. The van der Waals surface area contributed by atoms with Crippen LogP contribution in [0.15, 0.2) is 103 Å². The van der Waals surface area contributed by atoms with Gasteiger partial charge in [0.2, 0.25) is 0 Å². The summed E-state index contributed by atoms with van der Waals surface area (Å²) in [6.07, 6.45) is 3.90. The highest BCUT2D eigenvalue weighted by molar-refractivity contribution is 7.26. The normalized spacial score (nSPS) is 11.9. The van der Waals surface area contributed by atoms with Gasteiger partial charge in [0.05, 0.1) is 0 Å². The summed E-state index contributed by atoms with van der Waals surface area (Å²) in [7, 11) is 0. The minimum atomic E-state index is 1.21. The van der Waals surface area contributed by atoms with Crippen LogP contribution in [0.1, 0.15) is 0 Å². The summed E-state index contributed by atoms with van der Waals surface area (Å²) in [4.78, 5) is 4.42. The van der Waals surface area contributed by atoms with Crippen LogP contribution in [0.2, 0.25) is 0 Å². The van der Waals surface area contributed by atoms with Crippen LogP contribution in [-0.2, 0) is 0 Å². The third kappa shape index (κ3) is 2.40. The molecule has 0 fully saturated rings. The second-order valence-corrected chi connectivity index (χ2v) is 9.06. The number of hydrogen-bond donors (Lipinski definition) is 0. The summed E-state index contributed by atoms with van der Waals surface area (Å²) in [5, 5.41) is 10.3. The highest BCUT2D eigenvalue weighted by Gasteiger charge is 2.13. The predicted octanol–water partition coefficient (Wildman–Crippen LogP) is 8.58. The zero-order valence-electron chi connectivity index (χ0n) is 16.7. The Kier molecular flexibility index (Phi) is 3.49. The van der Waals surface area contributed by atoms with Crippen molar-refractivity contribution < 1.29 is 0 Å². The standard InChI is InChI=1S/C29H17NS/c1-2-7-21-20(6-1)22-13-12-18(16-26(22)23-14-15-30-17-27(21)23)19-9-5-10-25-24-8-3-4-11-28(24)31-29(19)25/h1-17H. The van der Waals surface area contributed by atoms with Crippen molar-refractivity contribution in [1.29, 1.82) is 0 Å². The summed E-state index contributed by atoms with van der Waals surface area (Å²) >= 11 is 1.88. The third-order valence-electron chi connectivity index (χ3n) is 6.35.